The Morgan fingerprint density at radius 2 is 1.84 bits per heavy atom. The minimum absolute atomic E-state index is 0.00313. The molecule has 0 saturated heterocycles. The van der Waals surface area contributed by atoms with Crippen LogP contribution < -0.4 is 5.32 Å². The van der Waals surface area contributed by atoms with Crippen LogP contribution in [0.1, 0.15) is 32.7 Å². The van der Waals surface area contributed by atoms with Crippen molar-refractivity contribution in [3.05, 3.63) is 62.6 Å². The molecule has 0 unspecified atom stereocenters. The van der Waals surface area contributed by atoms with E-state index in [0.29, 0.717) is 21.8 Å². The number of anilines is 1. The van der Waals surface area contributed by atoms with E-state index in [2.05, 4.69) is 21.2 Å². The van der Waals surface area contributed by atoms with Crippen LogP contribution in [0, 0.1) is 6.92 Å². The van der Waals surface area contributed by atoms with Gasteiger partial charge in [-0.25, -0.2) is 0 Å². The topological polar surface area (TPSA) is 66.5 Å². The molecular formula is C18H14BrClN2O3. The first kappa shape index (κ1) is 17.6. The van der Waals surface area contributed by atoms with Crippen molar-refractivity contribution in [3.8, 4) is 0 Å². The second-order valence-electron chi connectivity index (χ2n) is 5.73. The van der Waals surface area contributed by atoms with E-state index in [0.717, 1.165) is 14.9 Å². The van der Waals surface area contributed by atoms with Gasteiger partial charge in [0.1, 0.15) is 0 Å². The minimum Gasteiger partial charge on any atom is -0.325 e. The summed E-state index contributed by atoms with van der Waals surface area (Å²) in [6.07, 6.45) is -0.00313. The van der Waals surface area contributed by atoms with Crippen molar-refractivity contribution >= 4 is 50.9 Å². The molecule has 3 amide bonds. The predicted molar refractivity (Wildman–Crippen MR) is 98.9 cm³/mol. The zero-order valence-electron chi connectivity index (χ0n) is 13.3. The normalized spacial score (nSPS) is 13.2. The van der Waals surface area contributed by atoms with Gasteiger partial charge in [-0.15, -0.1) is 0 Å². The van der Waals surface area contributed by atoms with Gasteiger partial charge in [-0.2, -0.15) is 0 Å². The number of fused-ring (bicyclic) bond motifs is 1. The van der Waals surface area contributed by atoms with Crippen LogP contribution in [0.15, 0.2) is 40.9 Å². The van der Waals surface area contributed by atoms with E-state index in [9.17, 15) is 14.4 Å². The van der Waals surface area contributed by atoms with E-state index in [4.69, 9.17) is 11.6 Å². The third-order valence-corrected chi connectivity index (χ3v) is 4.70. The third-order valence-electron chi connectivity index (χ3n) is 3.89. The Morgan fingerprint density at radius 1 is 1.12 bits per heavy atom. The molecule has 0 aliphatic carbocycles. The van der Waals surface area contributed by atoms with Crippen LogP contribution in [0.4, 0.5) is 5.69 Å². The van der Waals surface area contributed by atoms with Crippen molar-refractivity contribution in [3.63, 3.8) is 0 Å². The molecule has 1 aliphatic heterocycles. The molecule has 1 N–H and O–H groups in total. The lowest BCUT2D eigenvalue weighted by molar-refractivity contribution is -0.116. The Morgan fingerprint density at radius 3 is 2.56 bits per heavy atom. The first-order valence-electron chi connectivity index (χ1n) is 7.58. The molecule has 0 spiro atoms. The molecule has 2 aromatic rings. The monoisotopic (exact) mass is 420 g/mol. The van der Waals surface area contributed by atoms with Crippen LogP contribution >= 0.6 is 27.5 Å². The van der Waals surface area contributed by atoms with Crippen LogP contribution in [-0.4, -0.2) is 29.2 Å². The summed E-state index contributed by atoms with van der Waals surface area (Å²) < 4.78 is 0.803. The number of nitrogens with zero attached hydrogens (tertiary/aromatic N) is 1. The molecule has 1 aliphatic rings. The van der Waals surface area contributed by atoms with Crippen LogP contribution in [0.5, 0.6) is 0 Å². The van der Waals surface area contributed by atoms with Crippen molar-refractivity contribution in [2.75, 3.05) is 11.9 Å². The third kappa shape index (κ3) is 3.60. The molecule has 2 aromatic carbocycles. The number of rotatable bonds is 4. The van der Waals surface area contributed by atoms with Crippen molar-refractivity contribution in [1.82, 2.24) is 4.90 Å². The molecule has 1 heterocycles. The molecule has 0 atom stereocenters. The lowest BCUT2D eigenvalue weighted by Gasteiger charge is -2.14. The number of halogens is 2. The number of carbonyl (C=O) groups is 3. The number of amides is 3. The van der Waals surface area contributed by atoms with Gasteiger partial charge in [-0.05, 0) is 37.3 Å². The lowest BCUT2D eigenvalue weighted by atomic mass is 10.1. The average Bonchev–Trinajstić information content (AvgIpc) is 2.79. The molecule has 0 aromatic heterocycles. The highest BCUT2D eigenvalue weighted by atomic mass is 79.9. The van der Waals surface area contributed by atoms with Gasteiger partial charge in [-0.1, -0.05) is 39.2 Å². The van der Waals surface area contributed by atoms with Gasteiger partial charge in [-0.3, -0.25) is 19.3 Å². The number of carbonyl (C=O) groups excluding carboxylic acids is 3. The maximum Gasteiger partial charge on any atom is 0.261 e. The Bertz CT molecular complexity index is 898. The fraction of sp³-hybridized carbons (Fsp3) is 0.167. The zero-order chi connectivity index (χ0) is 18.1. The predicted octanol–water partition coefficient (Wildman–Crippen LogP) is 4.04. The summed E-state index contributed by atoms with van der Waals surface area (Å²) in [5.41, 5.74) is 2.16. The van der Waals surface area contributed by atoms with E-state index in [1.807, 2.05) is 6.92 Å². The number of imide groups is 1. The van der Waals surface area contributed by atoms with Crippen molar-refractivity contribution < 1.29 is 14.4 Å². The van der Waals surface area contributed by atoms with Crippen LogP contribution in [0.25, 0.3) is 0 Å². The second kappa shape index (κ2) is 6.98. The Labute approximate surface area is 158 Å². The van der Waals surface area contributed by atoms with Gasteiger partial charge in [0.15, 0.2) is 0 Å². The number of hydrogen-bond donors (Lipinski definition) is 1. The highest BCUT2D eigenvalue weighted by Crippen LogP contribution is 2.26. The van der Waals surface area contributed by atoms with Crippen LogP contribution in [0.3, 0.4) is 0 Å². The molecule has 128 valence electrons. The summed E-state index contributed by atoms with van der Waals surface area (Å²) in [6.45, 7) is 1.88. The Kier molecular flexibility index (Phi) is 4.92. The average molecular weight is 422 g/mol. The van der Waals surface area contributed by atoms with E-state index < -0.39 is 0 Å². The van der Waals surface area contributed by atoms with Gasteiger partial charge < -0.3 is 5.32 Å². The maximum atomic E-state index is 12.4. The second-order valence-corrected chi connectivity index (χ2v) is 7.06. The molecular weight excluding hydrogens is 408 g/mol. The lowest BCUT2D eigenvalue weighted by Crippen LogP contribution is -2.32. The van der Waals surface area contributed by atoms with Crippen LogP contribution in [-0.2, 0) is 4.79 Å². The van der Waals surface area contributed by atoms with Crippen LogP contribution in [0.2, 0.25) is 5.02 Å². The Hall–Kier alpha value is -2.18. The van der Waals surface area contributed by atoms with E-state index in [-0.39, 0.29) is 30.7 Å². The molecule has 7 heteroatoms. The highest BCUT2D eigenvalue weighted by molar-refractivity contribution is 9.10. The number of benzene rings is 2. The van der Waals surface area contributed by atoms with Crippen molar-refractivity contribution in [2.24, 2.45) is 0 Å². The maximum absolute atomic E-state index is 12.4. The fourth-order valence-electron chi connectivity index (χ4n) is 2.62. The van der Waals surface area contributed by atoms with Gasteiger partial charge >= 0.3 is 0 Å². The molecule has 5 nitrogen and oxygen atoms in total. The Balaban J connectivity index is 1.65. The zero-order valence-corrected chi connectivity index (χ0v) is 15.6. The van der Waals surface area contributed by atoms with Gasteiger partial charge in [0.25, 0.3) is 11.8 Å². The molecule has 25 heavy (non-hydrogen) atoms. The van der Waals surface area contributed by atoms with Gasteiger partial charge in [0, 0.05) is 17.4 Å². The van der Waals surface area contributed by atoms with Gasteiger partial charge in [0.2, 0.25) is 5.91 Å². The number of aryl methyl sites for hydroxylation is 1. The van der Waals surface area contributed by atoms with E-state index >= 15 is 0 Å². The van der Waals surface area contributed by atoms with E-state index in [1.54, 1.807) is 36.4 Å². The molecule has 3 rings (SSSR count). The smallest absolute Gasteiger partial charge is 0.261 e. The SMILES string of the molecule is Cc1ccc2c(c1)C(=O)N(CCC(=O)Nc1ccc(Br)cc1Cl)C2=O. The van der Waals surface area contributed by atoms with Crippen molar-refractivity contribution in [1.29, 1.82) is 0 Å². The summed E-state index contributed by atoms with van der Waals surface area (Å²) >= 11 is 9.35. The molecule has 0 saturated carbocycles. The fourth-order valence-corrected chi connectivity index (χ4v) is 3.35. The molecule has 0 bridgehead atoms. The summed E-state index contributed by atoms with van der Waals surface area (Å²) in [5, 5.41) is 3.08. The highest BCUT2D eigenvalue weighted by Gasteiger charge is 2.35. The molecule has 0 fully saturated rings. The number of hydrogen-bond acceptors (Lipinski definition) is 3. The number of nitrogens with one attached hydrogen (secondary N) is 1. The van der Waals surface area contributed by atoms with E-state index in [1.165, 1.54) is 0 Å². The van der Waals surface area contributed by atoms with Gasteiger partial charge in [0.05, 0.1) is 21.8 Å². The standard InChI is InChI=1S/C18H14BrClN2O3/c1-10-2-4-12-13(8-10)18(25)22(17(12)24)7-6-16(23)21-15-5-3-11(19)9-14(15)20/h2-5,8-9H,6-7H2,1H3,(H,21,23). The summed E-state index contributed by atoms with van der Waals surface area (Å²) in [5.74, 6) is -1.05. The summed E-state index contributed by atoms with van der Waals surface area (Å²) in [7, 11) is 0. The largest absolute Gasteiger partial charge is 0.325 e. The summed E-state index contributed by atoms with van der Waals surface area (Å²) in [6, 6.07) is 10.2. The first-order valence-corrected chi connectivity index (χ1v) is 8.75. The first-order chi connectivity index (χ1) is 11.9. The van der Waals surface area contributed by atoms with Crippen molar-refractivity contribution in [2.45, 2.75) is 13.3 Å². The molecule has 0 radical (unpaired) electrons. The summed E-state index contributed by atoms with van der Waals surface area (Å²) in [4.78, 5) is 37.9. The quantitative estimate of drug-likeness (QED) is 0.758. The minimum atomic E-state index is -0.366.